The number of amides is 1. The Hall–Kier alpha value is -3.37. The minimum atomic E-state index is -3.80. The van der Waals surface area contributed by atoms with Crippen molar-refractivity contribution < 1.29 is 26.9 Å². The van der Waals surface area contributed by atoms with E-state index in [4.69, 9.17) is 4.52 Å². The molecule has 1 aromatic heterocycles. The molecular formula is C22H20FN3O5S. The maximum atomic E-state index is 13.9. The van der Waals surface area contributed by atoms with Gasteiger partial charge in [-0.1, -0.05) is 29.4 Å². The van der Waals surface area contributed by atoms with Gasteiger partial charge in [0.05, 0.1) is 10.5 Å². The largest absolute Gasteiger partial charge is 0.355 e. The van der Waals surface area contributed by atoms with E-state index < -0.39 is 21.7 Å². The first-order chi connectivity index (χ1) is 15.3. The molecule has 8 nitrogen and oxygen atoms in total. The standard InChI is InChI=1S/C22H20FN3O5S/c1-15(27)16-5-4-6-17(13-16)32(29,30)26-11-9-25(10-12-26)22(28)20-14-21(31-24-20)18-7-2-3-8-19(18)23/h2-8,13-14H,9-12H2,1H3. The van der Waals surface area contributed by atoms with Gasteiger partial charge in [0.25, 0.3) is 5.91 Å². The highest BCUT2D eigenvalue weighted by Crippen LogP contribution is 2.24. The molecule has 32 heavy (non-hydrogen) atoms. The van der Waals surface area contributed by atoms with Crippen LogP contribution in [-0.4, -0.2) is 60.6 Å². The van der Waals surface area contributed by atoms with Crippen molar-refractivity contribution in [3.05, 3.63) is 71.7 Å². The Balaban J connectivity index is 1.45. The van der Waals surface area contributed by atoms with Gasteiger partial charge in [-0.3, -0.25) is 9.59 Å². The smallest absolute Gasteiger partial charge is 0.276 e. The Morgan fingerprint density at radius 3 is 2.41 bits per heavy atom. The molecule has 0 N–H and O–H groups in total. The molecule has 166 valence electrons. The summed E-state index contributed by atoms with van der Waals surface area (Å²) in [6.07, 6.45) is 0. The van der Waals surface area contributed by atoms with Crippen LogP contribution >= 0.6 is 0 Å². The fourth-order valence-corrected chi connectivity index (χ4v) is 4.95. The number of benzene rings is 2. The number of aromatic nitrogens is 1. The lowest BCUT2D eigenvalue weighted by Gasteiger charge is -2.33. The van der Waals surface area contributed by atoms with Crippen LogP contribution in [0.15, 0.2) is 64.0 Å². The summed E-state index contributed by atoms with van der Waals surface area (Å²) in [6.45, 7) is 1.88. The van der Waals surface area contributed by atoms with Crippen LogP contribution in [0.25, 0.3) is 11.3 Å². The fourth-order valence-electron chi connectivity index (χ4n) is 3.48. The van der Waals surface area contributed by atoms with Crippen molar-refractivity contribution in [1.82, 2.24) is 14.4 Å². The van der Waals surface area contributed by atoms with E-state index >= 15 is 0 Å². The van der Waals surface area contributed by atoms with Crippen molar-refractivity contribution in [3.63, 3.8) is 0 Å². The van der Waals surface area contributed by atoms with E-state index in [-0.39, 0.29) is 53.9 Å². The van der Waals surface area contributed by atoms with Crippen molar-refractivity contribution >= 4 is 21.7 Å². The average Bonchev–Trinajstić information content (AvgIpc) is 3.29. The predicted octanol–water partition coefficient (Wildman–Crippen LogP) is 2.83. The molecule has 1 aliphatic rings. The number of hydrogen-bond acceptors (Lipinski definition) is 6. The number of nitrogens with zero attached hydrogens (tertiary/aromatic N) is 3. The van der Waals surface area contributed by atoms with Gasteiger partial charge in [-0.25, -0.2) is 12.8 Å². The Bertz CT molecular complexity index is 1280. The second kappa shape index (κ2) is 8.64. The summed E-state index contributed by atoms with van der Waals surface area (Å²) in [4.78, 5) is 25.9. The van der Waals surface area contributed by atoms with Gasteiger partial charge in [-0.2, -0.15) is 4.31 Å². The maximum absolute atomic E-state index is 13.9. The number of ketones is 1. The van der Waals surface area contributed by atoms with Gasteiger partial charge in [0.2, 0.25) is 10.0 Å². The Morgan fingerprint density at radius 2 is 1.72 bits per heavy atom. The molecule has 0 radical (unpaired) electrons. The monoisotopic (exact) mass is 457 g/mol. The molecule has 0 unspecified atom stereocenters. The first-order valence-corrected chi connectivity index (χ1v) is 11.3. The van der Waals surface area contributed by atoms with E-state index in [2.05, 4.69) is 5.16 Å². The fraction of sp³-hybridized carbons (Fsp3) is 0.227. The molecular weight excluding hydrogens is 437 g/mol. The van der Waals surface area contributed by atoms with Gasteiger partial charge >= 0.3 is 0 Å². The molecule has 2 heterocycles. The van der Waals surface area contributed by atoms with Crippen LogP contribution in [0.5, 0.6) is 0 Å². The van der Waals surface area contributed by atoms with E-state index in [9.17, 15) is 22.4 Å². The second-order valence-electron chi connectivity index (χ2n) is 7.34. The van der Waals surface area contributed by atoms with Crippen molar-refractivity contribution in [2.24, 2.45) is 0 Å². The summed E-state index contributed by atoms with van der Waals surface area (Å²) in [6, 6.07) is 13.3. The van der Waals surface area contributed by atoms with Crippen molar-refractivity contribution in [1.29, 1.82) is 0 Å². The molecule has 1 fully saturated rings. The lowest BCUT2D eigenvalue weighted by Crippen LogP contribution is -2.50. The molecule has 0 aliphatic carbocycles. The number of rotatable bonds is 5. The normalized spacial score (nSPS) is 15.0. The zero-order chi connectivity index (χ0) is 22.9. The van der Waals surface area contributed by atoms with Crippen molar-refractivity contribution in [3.8, 4) is 11.3 Å². The van der Waals surface area contributed by atoms with Crippen LogP contribution in [0, 0.1) is 5.82 Å². The van der Waals surface area contributed by atoms with E-state index in [0.717, 1.165) is 0 Å². The molecule has 2 aromatic carbocycles. The van der Waals surface area contributed by atoms with Crippen molar-refractivity contribution in [2.75, 3.05) is 26.2 Å². The third-order valence-electron chi connectivity index (χ3n) is 5.27. The van der Waals surface area contributed by atoms with Crippen LogP contribution in [0.2, 0.25) is 0 Å². The minimum Gasteiger partial charge on any atom is -0.355 e. The van der Waals surface area contributed by atoms with Crippen LogP contribution in [-0.2, 0) is 10.0 Å². The van der Waals surface area contributed by atoms with Gasteiger partial charge in [-0.15, -0.1) is 0 Å². The number of carbonyl (C=O) groups excluding carboxylic acids is 2. The molecule has 0 atom stereocenters. The van der Waals surface area contributed by atoms with Gasteiger partial charge in [0.15, 0.2) is 17.2 Å². The van der Waals surface area contributed by atoms with Gasteiger partial charge in [0.1, 0.15) is 5.82 Å². The van der Waals surface area contributed by atoms with Gasteiger partial charge < -0.3 is 9.42 Å². The first kappa shape index (κ1) is 21.8. The minimum absolute atomic E-state index is 0.0220. The lowest BCUT2D eigenvalue weighted by molar-refractivity contribution is 0.0687. The van der Waals surface area contributed by atoms with Crippen LogP contribution in [0.3, 0.4) is 0 Å². The molecule has 1 amide bonds. The number of piperazine rings is 1. The van der Waals surface area contributed by atoms with Crippen LogP contribution in [0.4, 0.5) is 4.39 Å². The molecule has 0 saturated carbocycles. The van der Waals surface area contributed by atoms with Crippen LogP contribution < -0.4 is 0 Å². The second-order valence-corrected chi connectivity index (χ2v) is 9.27. The molecule has 4 rings (SSSR count). The lowest BCUT2D eigenvalue weighted by atomic mass is 10.1. The molecule has 1 aliphatic heterocycles. The summed E-state index contributed by atoms with van der Waals surface area (Å²) in [5, 5.41) is 3.75. The highest BCUT2D eigenvalue weighted by atomic mass is 32.2. The average molecular weight is 457 g/mol. The Morgan fingerprint density at radius 1 is 1.00 bits per heavy atom. The number of Topliss-reactive ketones (excluding diaryl/α,β-unsaturated/α-hetero) is 1. The summed E-state index contributed by atoms with van der Waals surface area (Å²) in [5.41, 5.74) is 0.535. The Kier molecular flexibility index (Phi) is 5.90. The highest BCUT2D eigenvalue weighted by molar-refractivity contribution is 7.89. The zero-order valence-electron chi connectivity index (χ0n) is 17.2. The Labute approximate surface area is 184 Å². The van der Waals surface area contributed by atoms with Gasteiger partial charge in [-0.05, 0) is 31.2 Å². The number of carbonyl (C=O) groups is 2. The maximum Gasteiger partial charge on any atom is 0.276 e. The predicted molar refractivity (Wildman–Crippen MR) is 113 cm³/mol. The molecule has 3 aromatic rings. The zero-order valence-corrected chi connectivity index (χ0v) is 18.0. The van der Waals surface area contributed by atoms with E-state index in [0.29, 0.717) is 5.56 Å². The van der Waals surface area contributed by atoms with E-state index in [1.54, 1.807) is 18.2 Å². The summed E-state index contributed by atoms with van der Waals surface area (Å²) >= 11 is 0. The number of sulfonamides is 1. The van der Waals surface area contributed by atoms with Crippen molar-refractivity contribution in [2.45, 2.75) is 11.8 Å². The SMILES string of the molecule is CC(=O)c1cccc(S(=O)(=O)N2CCN(C(=O)c3cc(-c4ccccc4F)on3)CC2)c1. The molecule has 0 bridgehead atoms. The van der Waals surface area contributed by atoms with Crippen LogP contribution in [0.1, 0.15) is 27.8 Å². The molecule has 10 heteroatoms. The van der Waals surface area contributed by atoms with Gasteiger partial charge in [0, 0.05) is 37.8 Å². The highest BCUT2D eigenvalue weighted by Gasteiger charge is 2.31. The van der Waals surface area contributed by atoms with E-state index in [1.165, 1.54) is 52.5 Å². The molecule has 1 saturated heterocycles. The quantitative estimate of drug-likeness (QED) is 0.546. The summed E-state index contributed by atoms with van der Waals surface area (Å²) < 4.78 is 46.3. The topological polar surface area (TPSA) is 101 Å². The summed E-state index contributed by atoms with van der Waals surface area (Å²) in [5.74, 6) is -1.000. The number of halogens is 1. The third kappa shape index (κ3) is 4.19. The number of hydrogen-bond donors (Lipinski definition) is 0. The first-order valence-electron chi connectivity index (χ1n) is 9.89. The summed E-state index contributed by atoms with van der Waals surface area (Å²) in [7, 11) is -3.80. The van der Waals surface area contributed by atoms with E-state index in [1.807, 2.05) is 0 Å². The molecule has 0 spiro atoms. The third-order valence-corrected chi connectivity index (χ3v) is 7.17.